The van der Waals surface area contributed by atoms with E-state index in [0.29, 0.717) is 37.4 Å². The number of anilines is 1. The molecule has 8 nitrogen and oxygen atoms in total. The molecule has 146 valence electrons. The molecule has 1 saturated heterocycles. The number of amides is 1. The van der Waals surface area contributed by atoms with E-state index in [-0.39, 0.29) is 22.8 Å². The van der Waals surface area contributed by atoms with Gasteiger partial charge in [-0.3, -0.25) is 0 Å². The van der Waals surface area contributed by atoms with Crippen LogP contribution < -0.4 is 9.64 Å². The van der Waals surface area contributed by atoms with Crippen LogP contribution in [-0.4, -0.2) is 64.8 Å². The summed E-state index contributed by atoms with van der Waals surface area (Å²) in [6.07, 6.45) is 1.09. The van der Waals surface area contributed by atoms with Crippen LogP contribution in [0.5, 0.6) is 6.01 Å². The fourth-order valence-electron chi connectivity index (χ4n) is 2.76. The third-order valence-electron chi connectivity index (χ3n) is 4.01. The van der Waals surface area contributed by atoms with E-state index in [1.807, 2.05) is 25.7 Å². The Hall–Kier alpha value is -2.42. The summed E-state index contributed by atoms with van der Waals surface area (Å²) in [6, 6.07) is 0.0354. The highest BCUT2D eigenvalue weighted by Crippen LogP contribution is 2.30. The average molecular weight is 398 g/mol. The van der Waals surface area contributed by atoms with Crippen molar-refractivity contribution in [2.75, 3.05) is 38.2 Å². The van der Waals surface area contributed by atoms with Crippen LogP contribution in [0.4, 0.5) is 15.0 Å². The zero-order chi connectivity index (χ0) is 19.8. The Balaban J connectivity index is 1.85. The maximum absolute atomic E-state index is 14.4. The van der Waals surface area contributed by atoms with E-state index in [2.05, 4.69) is 15.0 Å². The van der Waals surface area contributed by atoms with Crippen molar-refractivity contribution < 1.29 is 18.7 Å². The quantitative estimate of drug-likeness (QED) is 0.720. The highest BCUT2D eigenvalue weighted by atomic mass is 35.5. The highest BCUT2D eigenvalue weighted by molar-refractivity contribution is 6.30. The molecule has 0 saturated carbocycles. The number of aromatic nitrogens is 3. The molecule has 3 rings (SSSR count). The minimum Gasteiger partial charge on any atom is -0.467 e. The van der Waals surface area contributed by atoms with E-state index in [1.165, 1.54) is 13.3 Å². The van der Waals surface area contributed by atoms with Crippen LogP contribution in [0.2, 0.25) is 5.15 Å². The van der Waals surface area contributed by atoms with Gasteiger partial charge in [0, 0.05) is 32.4 Å². The van der Waals surface area contributed by atoms with Crippen molar-refractivity contribution in [2.24, 2.45) is 0 Å². The Bertz CT molecular complexity index is 866. The summed E-state index contributed by atoms with van der Waals surface area (Å²) in [5, 5.41) is 0.173. The maximum Gasteiger partial charge on any atom is 0.410 e. The summed E-state index contributed by atoms with van der Waals surface area (Å²) in [4.78, 5) is 28.0. The molecule has 0 N–H and O–H groups in total. The minimum absolute atomic E-state index is 0.0354. The van der Waals surface area contributed by atoms with Crippen molar-refractivity contribution in [3.05, 3.63) is 17.2 Å². The third kappa shape index (κ3) is 4.13. The monoisotopic (exact) mass is 397 g/mol. The second kappa shape index (κ2) is 7.30. The largest absolute Gasteiger partial charge is 0.467 e. The van der Waals surface area contributed by atoms with Crippen LogP contribution in [0, 0.1) is 5.82 Å². The number of piperazine rings is 1. The van der Waals surface area contributed by atoms with Gasteiger partial charge in [-0.05, 0) is 20.8 Å². The van der Waals surface area contributed by atoms with Crippen molar-refractivity contribution >= 4 is 34.4 Å². The van der Waals surface area contributed by atoms with E-state index in [0.717, 1.165) is 0 Å². The van der Waals surface area contributed by atoms with Crippen molar-refractivity contribution in [1.82, 2.24) is 19.9 Å². The third-order valence-corrected chi connectivity index (χ3v) is 4.28. The van der Waals surface area contributed by atoms with Crippen LogP contribution in [-0.2, 0) is 4.74 Å². The summed E-state index contributed by atoms with van der Waals surface area (Å²) >= 11 is 5.77. The topological polar surface area (TPSA) is 80.7 Å². The van der Waals surface area contributed by atoms with Crippen LogP contribution in [0.25, 0.3) is 10.9 Å². The number of carbonyl (C=O) groups excluding carboxylic acids is 1. The second-order valence-electron chi connectivity index (χ2n) is 7.11. The molecule has 0 spiro atoms. The van der Waals surface area contributed by atoms with Crippen LogP contribution in [0.15, 0.2) is 6.20 Å². The lowest BCUT2D eigenvalue weighted by Gasteiger charge is -2.36. The number of nitrogens with zero attached hydrogens (tertiary/aromatic N) is 5. The first-order chi connectivity index (χ1) is 12.7. The van der Waals surface area contributed by atoms with Crippen molar-refractivity contribution in [1.29, 1.82) is 0 Å². The Kier molecular flexibility index (Phi) is 5.23. The number of ether oxygens (including phenoxy) is 2. The summed E-state index contributed by atoms with van der Waals surface area (Å²) in [5.74, 6) is -0.229. The van der Waals surface area contributed by atoms with Crippen LogP contribution in [0.3, 0.4) is 0 Å². The van der Waals surface area contributed by atoms with E-state index in [9.17, 15) is 9.18 Å². The van der Waals surface area contributed by atoms with Gasteiger partial charge in [0.15, 0.2) is 11.0 Å². The molecule has 1 aliphatic rings. The Morgan fingerprint density at radius 2 is 1.89 bits per heavy atom. The molecule has 0 unspecified atom stereocenters. The predicted molar refractivity (Wildman–Crippen MR) is 98.9 cm³/mol. The number of rotatable bonds is 2. The van der Waals surface area contributed by atoms with Gasteiger partial charge in [-0.1, -0.05) is 11.6 Å². The molecule has 27 heavy (non-hydrogen) atoms. The molecule has 2 aromatic heterocycles. The Morgan fingerprint density at radius 1 is 1.22 bits per heavy atom. The number of halogens is 2. The van der Waals surface area contributed by atoms with Crippen LogP contribution in [0.1, 0.15) is 20.8 Å². The molecule has 2 aromatic rings. The zero-order valence-electron chi connectivity index (χ0n) is 15.6. The van der Waals surface area contributed by atoms with Gasteiger partial charge in [-0.2, -0.15) is 9.97 Å². The lowest BCUT2D eigenvalue weighted by atomic mass is 10.2. The van der Waals surface area contributed by atoms with E-state index < -0.39 is 11.4 Å². The maximum atomic E-state index is 14.4. The first-order valence-corrected chi connectivity index (χ1v) is 8.86. The molecule has 0 radical (unpaired) electrons. The first-order valence-electron chi connectivity index (χ1n) is 8.48. The molecule has 0 aliphatic carbocycles. The fourth-order valence-corrected chi connectivity index (χ4v) is 2.90. The van der Waals surface area contributed by atoms with Gasteiger partial charge in [-0.25, -0.2) is 14.2 Å². The highest BCUT2D eigenvalue weighted by Gasteiger charge is 2.28. The number of hydrogen-bond donors (Lipinski definition) is 0. The number of fused-ring (bicyclic) bond motifs is 1. The zero-order valence-corrected chi connectivity index (χ0v) is 16.4. The van der Waals surface area contributed by atoms with Gasteiger partial charge in [-0.15, -0.1) is 0 Å². The molecule has 1 aliphatic heterocycles. The van der Waals surface area contributed by atoms with Crippen molar-refractivity contribution in [3.63, 3.8) is 0 Å². The van der Waals surface area contributed by atoms with Crippen LogP contribution >= 0.6 is 11.6 Å². The Morgan fingerprint density at radius 3 is 2.48 bits per heavy atom. The van der Waals surface area contributed by atoms with Gasteiger partial charge in [0.25, 0.3) is 0 Å². The second-order valence-corrected chi connectivity index (χ2v) is 7.47. The van der Waals surface area contributed by atoms with Crippen molar-refractivity contribution in [3.8, 4) is 6.01 Å². The molecule has 3 heterocycles. The molecular formula is C17H21ClFN5O3. The van der Waals surface area contributed by atoms with Gasteiger partial charge in [0.2, 0.25) is 0 Å². The van der Waals surface area contributed by atoms with Gasteiger partial charge >= 0.3 is 12.1 Å². The number of carbonyl (C=O) groups is 1. The normalized spacial score (nSPS) is 15.2. The first kappa shape index (κ1) is 19.3. The standard InChI is InChI=1S/C17H21ClFN5O3/c1-17(2,3)27-16(25)24-7-5-23(6-8-24)14-10-9-20-13(18)11(19)12(10)21-15(22-14)26-4/h9H,5-8H2,1-4H3. The summed E-state index contributed by atoms with van der Waals surface area (Å²) < 4.78 is 24.9. The summed E-state index contributed by atoms with van der Waals surface area (Å²) in [7, 11) is 1.41. The van der Waals surface area contributed by atoms with Gasteiger partial charge in [0.1, 0.15) is 16.9 Å². The molecule has 0 atom stereocenters. The SMILES string of the molecule is COc1nc(N2CCN(C(=O)OC(C)(C)C)CC2)c2cnc(Cl)c(F)c2n1. The molecule has 0 aromatic carbocycles. The number of pyridine rings is 1. The van der Waals surface area contributed by atoms with Gasteiger partial charge < -0.3 is 19.3 Å². The lowest BCUT2D eigenvalue weighted by molar-refractivity contribution is 0.0240. The van der Waals surface area contributed by atoms with E-state index in [4.69, 9.17) is 21.1 Å². The molecular weight excluding hydrogens is 377 g/mol. The molecule has 1 fully saturated rings. The Labute approximate surface area is 161 Å². The summed E-state index contributed by atoms with van der Waals surface area (Å²) in [5.41, 5.74) is -0.501. The molecule has 1 amide bonds. The number of methoxy groups -OCH3 is 1. The number of hydrogen-bond acceptors (Lipinski definition) is 7. The lowest BCUT2D eigenvalue weighted by Crippen LogP contribution is -2.50. The average Bonchev–Trinajstić information content (AvgIpc) is 2.63. The van der Waals surface area contributed by atoms with Gasteiger partial charge in [0.05, 0.1) is 12.5 Å². The fraction of sp³-hybridized carbons (Fsp3) is 0.529. The predicted octanol–water partition coefficient (Wildman–Crippen LogP) is 2.88. The minimum atomic E-state index is -0.719. The van der Waals surface area contributed by atoms with E-state index >= 15 is 0 Å². The van der Waals surface area contributed by atoms with E-state index in [1.54, 1.807) is 4.90 Å². The molecule has 10 heteroatoms. The summed E-state index contributed by atoms with van der Waals surface area (Å²) in [6.45, 7) is 7.38. The van der Waals surface area contributed by atoms with Crippen molar-refractivity contribution in [2.45, 2.75) is 26.4 Å². The molecule has 0 bridgehead atoms. The smallest absolute Gasteiger partial charge is 0.410 e.